The second kappa shape index (κ2) is 6.13. The van der Waals surface area contributed by atoms with Gasteiger partial charge in [-0.1, -0.05) is 0 Å². The Morgan fingerprint density at radius 2 is 2.00 bits per heavy atom. The largest absolute Gasteiger partial charge is 0.481 e. The summed E-state index contributed by atoms with van der Waals surface area (Å²) in [5.41, 5.74) is -0.787. The molecule has 1 rings (SSSR count). The molecule has 1 saturated heterocycles. The lowest BCUT2D eigenvalue weighted by Gasteiger charge is -2.35. The molecule has 6 nitrogen and oxygen atoms in total. The van der Waals surface area contributed by atoms with Crippen LogP contribution in [-0.4, -0.2) is 64.8 Å². The monoisotopic (exact) mass is 308 g/mol. The Morgan fingerprint density at radius 3 is 2.48 bits per heavy atom. The molecule has 0 bridgehead atoms. The minimum Gasteiger partial charge on any atom is -0.481 e. The van der Waals surface area contributed by atoms with Crippen molar-refractivity contribution in [2.45, 2.75) is 51.3 Å². The van der Waals surface area contributed by atoms with Crippen LogP contribution in [-0.2, 0) is 9.53 Å². The summed E-state index contributed by atoms with van der Waals surface area (Å²) in [5.74, 6) is -4.16. The zero-order chi connectivity index (χ0) is 16.4. The number of hydrogen-bond donors (Lipinski definition) is 1. The summed E-state index contributed by atoms with van der Waals surface area (Å²) in [4.78, 5) is 24.7. The number of carboxylic acid groups (broad SMARTS) is 1. The van der Waals surface area contributed by atoms with Gasteiger partial charge in [0.15, 0.2) is 6.17 Å². The molecule has 1 heterocycles. The predicted octanol–water partition coefficient (Wildman–Crippen LogP) is 2.00. The average molecular weight is 308 g/mol. The average Bonchev–Trinajstić information content (AvgIpc) is 2.58. The molecule has 21 heavy (non-hydrogen) atoms. The van der Waals surface area contributed by atoms with Crippen LogP contribution in [0.3, 0.4) is 0 Å². The maximum atomic E-state index is 14.0. The molecule has 122 valence electrons. The van der Waals surface area contributed by atoms with Crippen LogP contribution >= 0.6 is 0 Å². The van der Waals surface area contributed by atoms with Crippen LogP contribution in [0.25, 0.3) is 0 Å². The van der Waals surface area contributed by atoms with Crippen LogP contribution in [0.15, 0.2) is 0 Å². The Morgan fingerprint density at radius 1 is 1.43 bits per heavy atom. The van der Waals surface area contributed by atoms with Gasteiger partial charge in [-0.15, -0.1) is 0 Å². The number of carboxylic acids is 1. The quantitative estimate of drug-likeness (QED) is 0.860. The smallest absolute Gasteiger partial charge is 0.411 e. The van der Waals surface area contributed by atoms with Gasteiger partial charge in [0.1, 0.15) is 5.60 Å². The molecule has 1 amide bonds. The first kappa shape index (κ1) is 17.6. The highest BCUT2D eigenvalue weighted by Crippen LogP contribution is 2.36. The van der Waals surface area contributed by atoms with Crippen LogP contribution in [0.1, 0.15) is 33.6 Å². The van der Waals surface area contributed by atoms with Gasteiger partial charge < -0.3 is 9.84 Å². The molecule has 1 aliphatic heterocycles. The van der Waals surface area contributed by atoms with E-state index in [1.807, 2.05) is 0 Å². The maximum Gasteiger partial charge on any atom is 0.411 e. The third kappa shape index (κ3) is 4.80. The van der Waals surface area contributed by atoms with Crippen molar-refractivity contribution in [1.82, 2.24) is 9.80 Å². The maximum absolute atomic E-state index is 14.0. The van der Waals surface area contributed by atoms with Gasteiger partial charge in [0, 0.05) is 26.6 Å². The van der Waals surface area contributed by atoms with Crippen molar-refractivity contribution in [2.75, 3.05) is 20.1 Å². The molecule has 1 fully saturated rings. The van der Waals surface area contributed by atoms with Crippen molar-refractivity contribution in [3.63, 3.8) is 0 Å². The van der Waals surface area contributed by atoms with Gasteiger partial charge in [0.25, 0.3) is 5.92 Å². The molecule has 0 aliphatic carbocycles. The molecule has 0 spiro atoms. The fourth-order valence-corrected chi connectivity index (χ4v) is 2.25. The van der Waals surface area contributed by atoms with Crippen molar-refractivity contribution in [3.05, 3.63) is 0 Å². The summed E-state index contributed by atoms with van der Waals surface area (Å²) in [6.07, 6.45) is -3.00. The number of amides is 1. The van der Waals surface area contributed by atoms with E-state index in [2.05, 4.69) is 0 Å². The highest BCUT2D eigenvalue weighted by Gasteiger charge is 2.52. The number of rotatable bonds is 4. The highest BCUT2D eigenvalue weighted by atomic mass is 19.3. The molecule has 0 saturated carbocycles. The molecule has 1 N–H and O–H groups in total. The number of carbonyl (C=O) groups is 2. The van der Waals surface area contributed by atoms with Gasteiger partial charge in [-0.2, -0.15) is 0 Å². The van der Waals surface area contributed by atoms with Gasteiger partial charge in [0.2, 0.25) is 0 Å². The van der Waals surface area contributed by atoms with Gasteiger partial charge in [0.05, 0.1) is 6.42 Å². The number of carbonyl (C=O) groups excluding carboxylic acids is 1. The molecule has 1 aliphatic rings. The van der Waals surface area contributed by atoms with Crippen molar-refractivity contribution >= 4 is 12.1 Å². The number of ether oxygens (including phenoxy) is 1. The summed E-state index contributed by atoms with van der Waals surface area (Å²) in [6.45, 7) is 4.94. The molecular formula is C13H22F2N2O4. The van der Waals surface area contributed by atoms with Crippen LogP contribution in [0.2, 0.25) is 0 Å². The van der Waals surface area contributed by atoms with Crippen molar-refractivity contribution < 1.29 is 28.2 Å². The molecular weight excluding hydrogens is 286 g/mol. The minimum atomic E-state index is -3.09. The number of nitrogens with zero attached hydrogens (tertiary/aromatic N) is 2. The molecule has 0 radical (unpaired) electrons. The van der Waals surface area contributed by atoms with E-state index < -0.39 is 36.2 Å². The molecule has 0 aromatic carbocycles. The predicted molar refractivity (Wildman–Crippen MR) is 71.2 cm³/mol. The Labute approximate surface area is 122 Å². The van der Waals surface area contributed by atoms with Crippen molar-refractivity contribution in [1.29, 1.82) is 0 Å². The van der Waals surface area contributed by atoms with Crippen LogP contribution in [0, 0.1) is 0 Å². The SMILES string of the molecule is CN(C(=O)OC(C)(C)C)C1N(CCC(=O)O)CCC1(F)F. The minimum absolute atomic E-state index is 0.0390. The van der Waals surface area contributed by atoms with Crippen molar-refractivity contribution in [3.8, 4) is 0 Å². The lowest BCUT2D eigenvalue weighted by molar-refractivity contribution is -0.138. The van der Waals surface area contributed by atoms with Gasteiger partial charge >= 0.3 is 12.1 Å². The van der Waals surface area contributed by atoms with E-state index in [0.29, 0.717) is 0 Å². The second-order valence-electron chi connectivity index (χ2n) is 6.16. The summed E-state index contributed by atoms with van der Waals surface area (Å²) < 4.78 is 33.1. The number of halogens is 2. The third-order valence-electron chi connectivity index (χ3n) is 3.12. The van der Waals surface area contributed by atoms with Crippen LogP contribution < -0.4 is 0 Å². The fraction of sp³-hybridized carbons (Fsp3) is 0.846. The molecule has 0 aromatic rings. The number of aliphatic carboxylic acids is 1. The Balaban J connectivity index is 2.82. The highest BCUT2D eigenvalue weighted by molar-refractivity contribution is 5.68. The summed E-state index contributed by atoms with van der Waals surface area (Å²) in [7, 11) is 1.24. The zero-order valence-corrected chi connectivity index (χ0v) is 12.7. The Kier molecular flexibility index (Phi) is 5.14. The number of alkyl halides is 2. The van der Waals surface area contributed by atoms with Crippen molar-refractivity contribution in [2.24, 2.45) is 0 Å². The first-order chi connectivity index (χ1) is 9.44. The van der Waals surface area contributed by atoms with Gasteiger partial charge in [-0.3, -0.25) is 14.6 Å². The first-order valence-electron chi connectivity index (χ1n) is 6.73. The van der Waals surface area contributed by atoms with E-state index in [1.165, 1.54) is 11.9 Å². The number of likely N-dealkylation sites (tertiary alicyclic amines) is 1. The van der Waals surface area contributed by atoms with Gasteiger partial charge in [-0.25, -0.2) is 13.6 Å². The third-order valence-corrected chi connectivity index (χ3v) is 3.12. The van der Waals surface area contributed by atoms with E-state index in [9.17, 15) is 18.4 Å². The second-order valence-corrected chi connectivity index (χ2v) is 6.16. The lowest BCUT2D eigenvalue weighted by Crippen LogP contribution is -2.54. The topological polar surface area (TPSA) is 70.1 Å². The Hall–Kier alpha value is -1.44. The summed E-state index contributed by atoms with van der Waals surface area (Å²) in [6, 6.07) is 0. The first-order valence-corrected chi connectivity index (χ1v) is 6.73. The van der Waals surface area contributed by atoms with E-state index in [0.717, 1.165) is 4.90 Å². The van der Waals surface area contributed by atoms with Crippen LogP contribution in [0.4, 0.5) is 13.6 Å². The Bertz CT molecular complexity index is 409. The molecule has 8 heteroatoms. The lowest BCUT2D eigenvalue weighted by atomic mass is 10.2. The van der Waals surface area contributed by atoms with E-state index in [1.54, 1.807) is 20.8 Å². The van der Waals surface area contributed by atoms with Crippen LogP contribution in [0.5, 0.6) is 0 Å². The molecule has 1 atom stereocenters. The fourth-order valence-electron chi connectivity index (χ4n) is 2.25. The van der Waals surface area contributed by atoms with Gasteiger partial charge in [-0.05, 0) is 20.8 Å². The summed E-state index contributed by atoms with van der Waals surface area (Å²) in [5, 5.41) is 8.67. The van der Waals surface area contributed by atoms with E-state index in [-0.39, 0.29) is 19.5 Å². The molecule has 1 unspecified atom stereocenters. The van der Waals surface area contributed by atoms with E-state index >= 15 is 0 Å². The standard InChI is InChI=1S/C13H22F2N2O4/c1-12(2,3)21-11(20)16(4)10-13(14,15)6-8-17(10)7-5-9(18)19/h10H,5-8H2,1-4H3,(H,18,19). The van der Waals surface area contributed by atoms with E-state index in [4.69, 9.17) is 9.84 Å². The molecule has 0 aromatic heterocycles. The zero-order valence-electron chi connectivity index (χ0n) is 12.7. The summed E-state index contributed by atoms with van der Waals surface area (Å²) >= 11 is 0. The number of hydrogen-bond acceptors (Lipinski definition) is 4. The normalized spacial score (nSPS) is 22.1.